The third kappa shape index (κ3) is 4.25. The Hall–Kier alpha value is -1.48. The molecule has 2 aromatic rings. The second-order valence-corrected chi connectivity index (χ2v) is 10.0. The van der Waals surface area contributed by atoms with E-state index >= 15 is 0 Å². The molecule has 0 saturated heterocycles. The zero-order valence-corrected chi connectivity index (χ0v) is 17.3. The summed E-state index contributed by atoms with van der Waals surface area (Å²) in [6.45, 7) is 5.04. The summed E-state index contributed by atoms with van der Waals surface area (Å²) < 4.78 is 24.6. The maximum atomic E-state index is 12.5. The van der Waals surface area contributed by atoms with Crippen molar-refractivity contribution < 1.29 is 13.2 Å². The van der Waals surface area contributed by atoms with Crippen LogP contribution >= 0.6 is 23.7 Å². The van der Waals surface area contributed by atoms with E-state index in [2.05, 4.69) is 22.2 Å². The largest absolute Gasteiger partial charge is 0.301 e. The predicted octanol–water partition coefficient (Wildman–Crippen LogP) is 2.99. The molecular weight excluding hydrogens is 394 g/mol. The number of amides is 1. The van der Waals surface area contributed by atoms with Crippen molar-refractivity contribution >= 4 is 44.6 Å². The van der Waals surface area contributed by atoms with E-state index in [4.69, 9.17) is 0 Å². The number of halogens is 1. The van der Waals surface area contributed by atoms with E-state index in [9.17, 15) is 13.2 Å². The molecule has 1 aromatic carbocycles. The van der Waals surface area contributed by atoms with E-state index < -0.39 is 15.1 Å². The molecule has 0 unspecified atom stereocenters. The molecule has 1 aliphatic heterocycles. The van der Waals surface area contributed by atoms with E-state index in [1.54, 1.807) is 26.0 Å². The van der Waals surface area contributed by atoms with Gasteiger partial charge in [-0.2, -0.15) is 0 Å². The second-order valence-electron chi connectivity index (χ2n) is 6.45. The van der Waals surface area contributed by atoms with Crippen molar-refractivity contribution in [3.05, 3.63) is 40.4 Å². The van der Waals surface area contributed by atoms with Crippen LogP contribution in [0.4, 0.5) is 5.13 Å². The van der Waals surface area contributed by atoms with E-state index in [0.717, 1.165) is 25.2 Å². The lowest BCUT2D eigenvalue weighted by Crippen LogP contribution is -2.25. The van der Waals surface area contributed by atoms with Gasteiger partial charge in [0.05, 0.1) is 15.8 Å². The minimum atomic E-state index is -3.41. The Labute approximate surface area is 164 Å². The Bertz CT molecular complexity index is 910. The first-order chi connectivity index (χ1) is 11.8. The Morgan fingerprint density at radius 1 is 1.35 bits per heavy atom. The van der Waals surface area contributed by atoms with Crippen molar-refractivity contribution in [1.82, 2.24) is 9.88 Å². The second kappa shape index (κ2) is 8.04. The van der Waals surface area contributed by atoms with Gasteiger partial charge >= 0.3 is 0 Å². The van der Waals surface area contributed by atoms with Gasteiger partial charge in [-0.3, -0.25) is 10.1 Å². The number of carbonyl (C=O) groups excluding carboxylic acids is 1. The molecule has 0 atom stereocenters. The number of hydrogen-bond acceptors (Lipinski definition) is 6. The molecule has 3 rings (SSSR count). The third-order valence-corrected chi connectivity index (χ3v) is 7.34. The molecule has 0 radical (unpaired) electrons. The SMILES string of the molecule is CC(C)S(=O)(=O)c1cccc(C(=O)Nc2nc3c(s2)CN(C)CC3)c1.Cl. The van der Waals surface area contributed by atoms with Crippen LogP contribution in [0.15, 0.2) is 29.2 Å². The third-order valence-electron chi connectivity index (χ3n) is 4.19. The fraction of sp³-hybridized carbons (Fsp3) is 0.412. The van der Waals surface area contributed by atoms with Crippen molar-refractivity contribution in [2.75, 3.05) is 18.9 Å². The molecule has 1 amide bonds. The Morgan fingerprint density at radius 2 is 2.08 bits per heavy atom. The number of sulfone groups is 1. The summed E-state index contributed by atoms with van der Waals surface area (Å²) in [6, 6.07) is 6.14. The van der Waals surface area contributed by atoms with E-state index in [1.165, 1.54) is 28.3 Å². The number of rotatable bonds is 4. The van der Waals surface area contributed by atoms with Gasteiger partial charge in [-0.1, -0.05) is 6.07 Å². The normalized spacial score (nSPS) is 14.6. The van der Waals surface area contributed by atoms with E-state index in [-0.39, 0.29) is 23.2 Å². The number of thiazole rings is 1. The van der Waals surface area contributed by atoms with Crippen LogP contribution in [-0.4, -0.2) is 43.1 Å². The van der Waals surface area contributed by atoms with Gasteiger partial charge in [0.15, 0.2) is 15.0 Å². The van der Waals surface area contributed by atoms with Crippen LogP contribution in [0.25, 0.3) is 0 Å². The summed E-state index contributed by atoms with van der Waals surface area (Å²) in [4.78, 5) is 20.5. The molecule has 26 heavy (non-hydrogen) atoms. The number of likely N-dealkylation sites (N-methyl/N-ethyl adjacent to an activating group) is 1. The van der Waals surface area contributed by atoms with Gasteiger partial charge in [0.25, 0.3) is 5.91 Å². The van der Waals surface area contributed by atoms with Crippen LogP contribution in [0, 0.1) is 0 Å². The lowest BCUT2D eigenvalue weighted by Gasteiger charge is -2.20. The minimum absolute atomic E-state index is 0. The first-order valence-corrected chi connectivity index (χ1v) is 10.5. The topological polar surface area (TPSA) is 79.4 Å². The number of nitrogens with one attached hydrogen (secondary N) is 1. The average molecular weight is 416 g/mol. The van der Waals surface area contributed by atoms with Crippen molar-refractivity contribution in [3.8, 4) is 0 Å². The smallest absolute Gasteiger partial charge is 0.257 e. The van der Waals surface area contributed by atoms with Gasteiger partial charge in [-0.05, 0) is 39.1 Å². The van der Waals surface area contributed by atoms with Crippen LogP contribution in [0.5, 0.6) is 0 Å². The number of nitrogens with zero attached hydrogens (tertiary/aromatic N) is 2. The summed E-state index contributed by atoms with van der Waals surface area (Å²) in [5.41, 5.74) is 1.35. The highest BCUT2D eigenvalue weighted by atomic mass is 35.5. The summed E-state index contributed by atoms with van der Waals surface area (Å²) in [5, 5.41) is 2.82. The zero-order valence-electron chi connectivity index (χ0n) is 14.9. The molecule has 0 spiro atoms. The number of hydrogen-bond donors (Lipinski definition) is 1. The van der Waals surface area contributed by atoms with Crippen LogP contribution < -0.4 is 5.32 Å². The first-order valence-electron chi connectivity index (χ1n) is 8.10. The molecule has 0 bridgehead atoms. The lowest BCUT2D eigenvalue weighted by molar-refractivity contribution is 0.102. The Balaban J connectivity index is 0.00000243. The Morgan fingerprint density at radius 3 is 2.77 bits per heavy atom. The zero-order chi connectivity index (χ0) is 18.2. The molecule has 142 valence electrons. The van der Waals surface area contributed by atoms with Crippen LogP contribution in [0.3, 0.4) is 0 Å². The van der Waals surface area contributed by atoms with Gasteiger partial charge in [-0.15, -0.1) is 23.7 Å². The summed E-state index contributed by atoms with van der Waals surface area (Å²) in [7, 11) is -1.36. The number of anilines is 1. The molecule has 1 aliphatic rings. The van der Waals surface area contributed by atoms with Gasteiger partial charge in [0.1, 0.15) is 0 Å². The highest BCUT2D eigenvalue weighted by molar-refractivity contribution is 7.92. The standard InChI is InChI=1S/C17H21N3O3S2.ClH/c1-11(2)25(22,23)13-6-4-5-12(9-13)16(21)19-17-18-14-7-8-20(3)10-15(14)24-17;/h4-6,9,11H,7-8,10H2,1-3H3,(H,18,19,21);1H. The summed E-state index contributed by atoms with van der Waals surface area (Å²) in [5.74, 6) is -0.347. The molecule has 9 heteroatoms. The van der Waals surface area contributed by atoms with Gasteiger partial charge in [0.2, 0.25) is 0 Å². The molecule has 6 nitrogen and oxygen atoms in total. The fourth-order valence-electron chi connectivity index (χ4n) is 2.63. The number of fused-ring (bicyclic) bond motifs is 1. The highest BCUT2D eigenvalue weighted by Gasteiger charge is 2.22. The van der Waals surface area contributed by atoms with Crippen molar-refractivity contribution in [1.29, 1.82) is 0 Å². The van der Waals surface area contributed by atoms with Crippen LogP contribution in [0.1, 0.15) is 34.8 Å². The van der Waals surface area contributed by atoms with E-state index in [1.807, 2.05) is 0 Å². The maximum absolute atomic E-state index is 12.5. The summed E-state index contributed by atoms with van der Waals surface area (Å²) >= 11 is 1.47. The lowest BCUT2D eigenvalue weighted by atomic mass is 10.2. The van der Waals surface area contributed by atoms with Gasteiger partial charge in [0, 0.05) is 30.0 Å². The van der Waals surface area contributed by atoms with Crippen LogP contribution in [0.2, 0.25) is 0 Å². The monoisotopic (exact) mass is 415 g/mol. The molecule has 1 N–H and O–H groups in total. The van der Waals surface area contributed by atoms with Crippen molar-refractivity contribution in [2.45, 2.75) is 37.0 Å². The van der Waals surface area contributed by atoms with Gasteiger partial charge < -0.3 is 4.90 Å². The van der Waals surface area contributed by atoms with Crippen molar-refractivity contribution in [3.63, 3.8) is 0 Å². The maximum Gasteiger partial charge on any atom is 0.257 e. The molecule has 0 fully saturated rings. The van der Waals surface area contributed by atoms with E-state index in [0.29, 0.717) is 10.7 Å². The molecule has 2 heterocycles. The quantitative estimate of drug-likeness (QED) is 0.830. The predicted molar refractivity (Wildman–Crippen MR) is 106 cm³/mol. The van der Waals surface area contributed by atoms with Gasteiger partial charge in [-0.25, -0.2) is 13.4 Å². The highest BCUT2D eigenvalue weighted by Crippen LogP contribution is 2.28. The fourth-order valence-corrected chi connectivity index (χ4v) is 4.82. The van der Waals surface area contributed by atoms with Crippen LogP contribution in [-0.2, 0) is 22.8 Å². The molecule has 0 aliphatic carbocycles. The molecule has 0 saturated carbocycles. The minimum Gasteiger partial charge on any atom is -0.301 e. The number of aromatic nitrogens is 1. The molecule has 1 aromatic heterocycles. The molecular formula is C17H22ClN3O3S2. The number of carbonyl (C=O) groups is 1. The Kier molecular flexibility index (Phi) is 6.44. The van der Waals surface area contributed by atoms with Crippen molar-refractivity contribution in [2.24, 2.45) is 0 Å². The average Bonchev–Trinajstić information content (AvgIpc) is 2.96. The number of benzene rings is 1. The summed E-state index contributed by atoms with van der Waals surface area (Å²) in [6.07, 6.45) is 0.875. The first kappa shape index (κ1) is 20.8.